The van der Waals surface area contributed by atoms with E-state index in [1.807, 2.05) is 22.1 Å². The number of imidazole rings is 1. The van der Waals surface area contributed by atoms with Crippen molar-refractivity contribution < 1.29 is 43.7 Å². The summed E-state index contributed by atoms with van der Waals surface area (Å²) in [5, 5.41) is 20.7. The minimum atomic E-state index is -3.67. The molecule has 0 fully saturated rings. The lowest BCUT2D eigenvalue weighted by Crippen LogP contribution is -2.09. The van der Waals surface area contributed by atoms with Crippen molar-refractivity contribution in [2.45, 2.75) is 39.2 Å². The lowest BCUT2D eigenvalue weighted by molar-refractivity contribution is -0.132. The first-order chi connectivity index (χ1) is 16.5. The van der Waals surface area contributed by atoms with Crippen LogP contribution < -0.4 is 0 Å². The van der Waals surface area contributed by atoms with Gasteiger partial charge >= 0.3 is 11.9 Å². The highest BCUT2D eigenvalue weighted by Gasteiger charge is 2.14. The fourth-order valence-electron chi connectivity index (χ4n) is 3.16. The number of unbranched alkanes of at least 4 members (excludes halogenated alkanes) is 1. The predicted octanol–water partition coefficient (Wildman–Crippen LogP) is 2.60. The van der Waals surface area contributed by atoms with E-state index in [1.54, 1.807) is 36.5 Å². The van der Waals surface area contributed by atoms with Gasteiger partial charge in [0.1, 0.15) is 5.82 Å². The van der Waals surface area contributed by atoms with Gasteiger partial charge in [-0.2, -0.15) is 8.42 Å². The summed E-state index contributed by atoms with van der Waals surface area (Å²) < 4.78 is 27.9. The van der Waals surface area contributed by atoms with Gasteiger partial charge in [0.05, 0.1) is 23.7 Å². The number of hydrogen-bond donors (Lipinski definition) is 3. The number of aromatic carboxylic acids is 1. The van der Waals surface area contributed by atoms with Gasteiger partial charge in [0.25, 0.3) is 10.1 Å². The summed E-state index contributed by atoms with van der Waals surface area (Å²) in [5.41, 5.74) is 2.21. The van der Waals surface area contributed by atoms with Gasteiger partial charge in [-0.25, -0.2) is 14.6 Å². The van der Waals surface area contributed by atoms with E-state index in [0.29, 0.717) is 24.8 Å². The molecule has 0 saturated carbocycles. The van der Waals surface area contributed by atoms with Gasteiger partial charge in [-0.1, -0.05) is 31.5 Å². The van der Waals surface area contributed by atoms with Gasteiger partial charge in [0, 0.05) is 29.8 Å². The molecule has 11 nitrogen and oxygen atoms in total. The van der Waals surface area contributed by atoms with Crippen molar-refractivity contribution in [3.63, 3.8) is 0 Å². The maximum Gasteiger partial charge on any atom is 0.335 e. The fourth-order valence-corrected chi connectivity index (χ4v) is 3.89. The average Bonchev–Trinajstić information content (AvgIpc) is 3.41. The van der Waals surface area contributed by atoms with Crippen LogP contribution in [0.15, 0.2) is 53.5 Å². The molecule has 2 heterocycles. The topological polar surface area (TPSA) is 210 Å². The van der Waals surface area contributed by atoms with Gasteiger partial charge in [0.2, 0.25) is 0 Å². The second kappa shape index (κ2) is 15.7. The molecule has 3 aromatic rings. The summed E-state index contributed by atoms with van der Waals surface area (Å²) in [4.78, 5) is 28.5. The number of aromatic nitrogens is 2. The Bertz CT molecular complexity index is 1260. The van der Waals surface area contributed by atoms with E-state index in [0.717, 1.165) is 41.2 Å². The molecule has 0 unspecified atom stereocenters. The standard InChI is InChI=1S/C23H24N2O4S.CH4O3S.2H2O/c1-2-3-6-21-24-14-19(12-18(23(28)29)13-20-5-4-11-30-20)25(21)15-16-7-9-17(10-8-16)22(26)27;1-5(2,3)4;;/h4-5,7-12,14H,2-3,6,13,15H2,1H3,(H,26,27)(H,28,29);1H3,(H,2,3,4);2*1H2/b18-12+;;;. The van der Waals surface area contributed by atoms with E-state index in [4.69, 9.17) is 9.66 Å². The Labute approximate surface area is 219 Å². The Kier molecular flexibility index (Phi) is 14.3. The first-order valence-electron chi connectivity index (χ1n) is 10.7. The van der Waals surface area contributed by atoms with E-state index in [-0.39, 0.29) is 16.5 Å². The molecular weight excluding hydrogens is 524 g/mol. The quantitative estimate of drug-likeness (QED) is 0.249. The molecule has 7 N–H and O–H groups in total. The van der Waals surface area contributed by atoms with Crippen LogP contribution in [0.25, 0.3) is 6.08 Å². The molecule has 0 bridgehead atoms. The SMILES string of the molecule is CCCCc1ncc(/C=C(\Cc2cccs2)C(=O)O)n1Cc1ccc(C(=O)O)cc1.CS(=O)(=O)O.O.O. The zero-order valence-corrected chi connectivity index (χ0v) is 22.1. The molecule has 0 radical (unpaired) electrons. The molecule has 0 aliphatic rings. The average molecular weight is 557 g/mol. The normalized spacial score (nSPS) is 10.9. The van der Waals surface area contributed by atoms with Crippen molar-refractivity contribution >= 4 is 39.5 Å². The number of benzene rings is 1. The minimum absolute atomic E-state index is 0. The summed E-state index contributed by atoms with van der Waals surface area (Å²) in [7, 11) is -3.67. The molecule has 2 aromatic heterocycles. The van der Waals surface area contributed by atoms with Crippen LogP contribution in [-0.2, 0) is 34.3 Å². The van der Waals surface area contributed by atoms with Crippen molar-refractivity contribution in [3.8, 4) is 0 Å². The summed E-state index contributed by atoms with van der Waals surface area (Å²) in [6.07, 6.45) is 7.29. The van der Waals surface area contributed by atoms with E-state index in [2.05, 4.69) is 11.9 Å². The number of carboxylic acid groups (broad SMARTS) is 2. The molecule has 0 atom stereocenters. The maximum atomic E-state index is 11.8. The molecule has 0 aliphatic heterocycles. The minimum Gasteiger partial charge on any atom is -0.478 e. The van der Waals surface area contributed by atoms with Gasteiger partial charge < -0.3 is 25.7 Å². The van der Waals surface area contributed by atoms with Crippen LogP contribution in [0, 0.1) is 0 Å². The fraction of sp³-hybridized carbons (Fsp3) is 0.292. The second-order valence-electron chi connectivity index (χ2n) is 7.75. The van der Waals surface area contributed by atoms with Gasteiger partial charge in [-0.15, -0.1) is 11.3 Å². The van der Waals surface area contributed by atoms with Crippen LogP contribution in [0.4, 0.5) is 0 Å². The van der Waals surface area contributed by atoms with E-state index in [9.17, 15) is 23.1 Å². The van der Waals surface area contributed by atoms with Gasteiger partial charge in [-0.3, -0.25) is 4.55 Å². The number of hydrogen-bond acceptors (Lipinski definition) is 6. The van der Waals surface area contributed by atoms with Crippen molar-refractivity contribution in [2.24, 2.45) is 0 Å². The summed E-state index contributed by atoms with van der Waals surface area (Å²) in [6.45, 7) is 2.61. The monoisotopic (exact) mass is 556 g/mol. The molecule has 0 spiro atoms. The Hall–Kier alpha value is -3.36. The lowest BCUT2D eigenvalue weighted by atomic mass is 10.1. The third kappa shape index (κ3) is 11.9. The third-order valence-corrected chi connectivity index (χ3v) is 5.68. The summed E-state index contributed by atoms with van der Waals surface area (Å²) in [6, 6.07) is 10.6. The Morgan fingerprint density at radius 2 is 1.73 bits per heavy atom. The molecule has 204 valence electrons. The lowest BCUT2D eigenvalue weighted by Gasteiger charge is -2.12. The molecule has 0 saturated heterocycles. The molecule has 13 heteroatoms. The highest BCUT2D eigenvalue weighted by atomic mass is 32.2. The first kappa shape index (κ1) is 33.6. The summed E-state index contributed by atoms with van der Waals surface area (Å²) >= 11 is 1.53. The van der Waals surface area contributed by atoms with Crippen molar-refractivity contribution in [2.75, 3.05) is 6.26 Å². The molecule has 0 amide bonds. The van der Waals surface area contributed by atoms with E-state index in [1.165, 1.54) is 11.3 Å². The number of rotatable bonds is 10. The highest BCUT2D eigenvalue weighted by molar-refractivity contribution is 7.85. The van der Waals surface area contributed by atoms with Crippen LogP contribution in [-0.4, -0.2) is 61.9 Å². The number of aryl methyl sites for hydroxylation is 1. The highest BCUT2D eigenvalue weighted by Crippen LogP contribution is 2.20. The van der Waals surface area contributed by atoms with Crippen molar-refractivity contribution in [1.82, 2.24) is 9.55 Å². The molecule has 0 aliphatic carbocycles. The number of thiophene rings is 1. The zero-order valence-electron chi connectivity index (χ0n) is 20.4. The third-order valence-electron chi connectivity index (χ3n) is 4.81. The second-order valence-corrected chi connectivity index (χ2v) is 10.3. The predicted molar refractivity (Wildman–Crippen MR) is 142 cm³/mol. The molecule has 37 heavy (non-hydrogen) atoms. The Morgan fingerprint density at radius 1 is 1.11 bits per heavy atom. The van der Waals surface area contributed by atoms with Crippen LogP contribution in [0.2, 0.25) is 0 Å². The number of carbonyl (C=O) groups is 2. The Morgan fingerprint density at radius 3 is 2.22 bits per heavy atom. The largest absolute Gasteiger partial charge is 0.478 e. The molecular formula is C24H32N2O9S2. The number of carboxylic acids is 2. The molecule has 3 rings (SSSR count). The number of aliphatic carboxylic acids is 1. The van der Waals surface area contributed by atoms with Gasteiger partial charge in [-0.05, 0) is 41.6 Å². The number of nitrogens with zero attached hydrogens (tertiary/aromatic N) is 2. The first-order valence-corrected chi connectivity index (χ1v) is 13.5. The molecule has 1 aromatic carbocycles. The van der Waals surface area contributed by atoms with Crippen LogP contribution >= 0.6 is 11.3 Å². The van der Waals surface area contributed by atoms with Crippen molar-refractivity contribution in [1.29, 1.82) is 0 Å². The smallest absolute Gasteiger partial charge is 0.335 e. The summed E-state index contributed by atoms with van der Waals surface area (Å²) in [5.74, 6) is -1.01. The zero-order chi connectivity index (χ0) is 26.0. The Balaban J connectivity index is 0.00000169. The van der Waals surface area contributed by atoms with Crippen LogP contribution in [0.3, 0.4) is 0 Å². The van der Waals surface area contributed by atoms with Crippen LogP contribution in [0.1, 0.15) is 52.1 Å². The van der Waals surface area contributed by atoms with E-state index < -0.39 is 22.1 Å². The van der Waals surface area contributed by atoms with Gasteiger partial charge in [0.15, 0.2) is 0 Å². The van der Waals surface area contributed by atoms with Crippen LogP contribution in [0.5, 0.6) is 0 Å². The van der Waals surface area contributed by atoms with E-state index >= 15 is 0 Å². The van der Waals surface area contributed by atoms with Crippen molar-refractivity contribution in [3.05, 3.63) is 81.1 Å². The maximum absolute atomic E-state index is 11.8.